The Balaban J connectivity index is 1.74. The van der Waals surface area contributed by atoms with E-state index in [1.54, 1.807) is 0 Å². The van der Waals surface area contributed by atoms with Crippen LogP contribution in [0.25, 0.3) is 0 Å². The minimum Gasteiger partial charge on any atom is -0.352 e. The van der Waals surface area contributed by atoms with Crippen LogP contribution in [0.1, 0.15) is 28.8 Å². The van der Waals surface area contributed by atoms with Gasteiger partial charge in [0.25, 0.3) is 5.91 Å². The highest BCUT2D eigenvalue weighted by Gasteiger charge is 2.30. The second-order valence-electron chi connectivity index (χ2n) is 6.15. The van der Waals surface area contributed by atoms with Crippen LogP contribution in [0.3, 0.4) is 0 Å². The van der Waals surface area contributed by atoms with Gasteiger partial charge < -0.3 is 5.32 Å². The number of carbonyl (C=O) groups is 1. The molecule has 1 saturated carbocycles. The summed E-state index contributed by atoms with van der Waals surface area (Å²) in [7, 11) is -3.78. The number of carbonyl (C=O) groups excluding carboxylic acids is 1. The second kappa shape index (κ2) is 7.96. The smallest absolute Gasteiger partial charge is 0.252 e. The van der Waals surface area contributed by atoms with Gasteiger partial charge in [0.15, 0.2) is 0 Å². The first-order valence-corrected chi connectivity index (χ1v) is 10.4. The molecule has 0 atom stereocenters. The van der Waals surface area contributed by atoms with Crippen molar-refractivity contribution >= 4 is 39.1 Å². The van der Waals surface area contributed by atoms with Gasteiger partial charge in [-0.15, -0.1) is 0 Å². The van der Waals surface area contributed by atoms with Gasteiger partial charge in [0.1, 0.15) is 4.90 Å². The largest absolute Gasteiger partial charge is 0.352 e. The first-order chi connectivity index (χ1) is 12.4. The van der Waals surface area contributed by atoms with E-state index in [1.165, 1.54) is 12.1 Å². The van der Waals surface area contributed by atoms with Gasteiger partial charge in [-0.1, -0.05) is 53.5 Å². The van der Waals surface area contributed by atoms with E-state index in [2.05, 4.69) is 10.0 Å². The quantitative estimate of drug-likeness (QED) is 0.731. The fourth-order valence-electron chi connectivity index (χ4n) is 2.45. The third kappa shape index (κ3) is 4.76. The molecule has 26 heavy (non-hydrogen) atoms. The summed E-state index contributed by atoms with van der Waals surface area (Å²) < 4.78 is 27.4. The molecular weight excluding hydrogens is 395 g/mol. The zero-order valence-corrected chi connectivity index (χ0v) is 16.2. The minimum absolute atomic E-state index is 0.0102. The SMILES string of the molecule is O=C(NCCc1ccccc1)c1cc(S(=O)(=O)NC2CC2)c(Cl)cc1Cl. The highest BCUT2D eigenvalue weighted by atomic mass is 35.5. The molecule has 5 nitrogen and oxygen atoms in total. The van der Waals surface area contributed by atoms with Gasteiger partial charge in [0.05, 0.1) is 15.6 Å². The summed E-state index contributed by atoms with van der Waals surface area (Å²) in [4.78, 5) is 12.3. The molecule has 1 fully saturated rings. The van der Waals surface area contributed by atoms with Crippen molar-refractivity contribution in [1.29, 1.82) is 0 Å². The molecule has 1 aliphatic rings. The van der Waals surface area contributed by atoms with Crippen LogP contribution in [0.2, 0.25) is 10.0 Å². The monoisotopic (exact) mass is 412 g/mol. The van der Waals surface area contributed by atoms with Crippen molar-refractivity contribution in [3.05, 3.63) is 63.6 Å². The molecule has 0 bridgehead atoms. The zero-order chi connectivity index (χ0) is 18.7. The van der Waals surface area contributed by atoms with Crippen LogP contribution in [0, 0.1) is 0 Å². The third-order valence-corrected chi connectivity index (χ3v) is 6.29. The average Bonchev–Trinajstić information content (AvgIpc) is 3.38. The van der Waals surface area contributed by atoms with E-state index < -0.39 is 15.9 Å². The lowest BCUT2D eigenvalue weighted by atomic mass is 10.1. The Morgan fingerprint density at radius 3 is 2.42 bits per heavy atom. The molecule has 1 amide bonds. The van der Waals surface area contributed by atoms with Crippen molar-refractivity contribution in [2.45, 2.75) is 30.2 Å². The highest BCUT2D eigenvalue weighted by Crippen LogP contribution is 2.30. The topological polar surface area (TPSA) is 75.3 Å². The van der Waals surface area contributed by atoms with Crippen LogP contribution in [-0.4, -0.2) is 26.9 Å². The lowest BCUT2D eigenvalue weighted by molar-refractivity contribution is 0.0954. The van der Waals surface area contributed by atoms with E-state index in [4.69, 9.17) is 23.2 Å². The van der Waals surface area contributed by atoms with Gasteiger partial charge >= 0.3 is 0 Å². The maximum Gasteiger partial charge on any atom is 0.252 e. The number of amides is 1. The Bertz CT molecular complexity index is 914. The van der Waals surface area contributed by atoms with Gasteiger partial charge in [0.2, 0.25) is 10.0 Å². The Morgan fingerprint density at radius 1 is 1.08 bits per heavy atom. The maximum absolute atomic E-state index is 12.4. The predicted octanol–water partition coefficient (Wildman–Crippen LogP) is 3.41. The summed E-state index contributed by atoms with van der Waals surface area (Å²) in [5.74, 6) is -0.439. The minimum atomic E-state index is -3.78. The Kier molecular flexibility index (Phi) is 5.87. The molecule has 0 aliphatic heterocycles. The number of hydrogen-bond donors (Lipinski definition) is 2. The van der Waals surface area contributed by atoms with E-state index >= 15 is 0 Å². The maximum atomic E-state index is 12.4. The Labute approximate surface area is 162 Å². The normalized spacial score (nSPS) is 14.2. The van der Waals surface area contributed by atoms with Crippen molar-refractivity contribution in [2.75, 3.05) is 6.54 Å². The number of sulfonamides is 1. The van der Waals surface area contributed by atoms with Crippen LogP contribution in [0.4, 0.5) is 0 Å². The summed E-state index contributed by atoms with van der Waals surface area (Å²) >= 11 is 12.1. The summed E-state index contributed by atoms with van der Waals surface area (Å²) in [5.41, 5.74) is 1.17. The number of nitrogens with one attached hydrogen (secondary N) is 2. The molecule has 138 valence electrons. The van der Waals surface area contributed by atoms with Crippen molar-refractivity contribution < 1.29 is 13.2 Å². The first kappa shape index (κ1) is 19.2. The molecule has 0 aromatic heterocycles. The van der Waals surface area contributed by atoms with Gasteiger partial charge in [-0.05, 0) is 37.0 Å². The molecule has 3 rings (SSSR count). The van der Waals surface area contributed by atoms with Crippen molar-refractivity contribution in [3.8, 4) is 0 Å². The molecule has 0 heterocycles. The summed E-state index contributed by atoms with van der Waals surface area (Å²) in [5, 5.41) is 2.86. The van der Waals surface area contributed by atoms with Crippen LogP contribution in [0.5, 0.6) is 0 Å². The summed E-state index contributed by atoms with van der Waals surface area (Å²) in [6, 6.07) is 12.2. The first-order valence-electron chi connectivity index (χ1n) is 8.20. The van der Waals surface area contributed by atoms with E-state index in [1.807, 2.05) is 30.3 Å². The van der Waals surface area contributed by atoms with E-state index in [-0.39, 0.29) is 26.5 Å². The van der Waals surface area contributed by atoms with Gasteiger partial charge in [-0.25, -0.2) is 13.1 Å². The lowest BCUT2D eigenvalue weighted by Crippen LogP contribution is -2.28. The number of rotatable bonds is 7. The predicted molar refractivity (Wildman–Crippen MR) is 102 cm³/mol. The fourth-order valence-corrected chi connectivity index (χ4v) is 4.62. The van der Waals surface area contributed by atoms with Crippen molar-refractivity contribution in [3.63, 3.8) is 0 Å². The summed E-state index contributed by atoms with van der Waals surface area (Å²) in [6.07, 6.45) is 2.26. The zero-order valence-electron chi connectivity index (χ0n) is 13.8. The van der Waals surface area contributed by atoms with Crippen molar-refractivity contribution in [1.82, 2.24) is 10.0 Å². The molecule has 0 spiro atoms. The van der Waals surface area contributed by atoms with E-state index in [0.717, 1.165) is 18.4 Å². The van der Waals surface area contributed by atoms with E-state index in [0.29, 0.717) is 13.0 Å². The lowest BCUT2D eigenvalue weighted by Gasteiger charge is -2.12. The standard InChI is InChI=1S/C18H18Cl2N2O3S/c19-15-11-16(20)17(26(24,25)22-13-6-7-13)10-14(15)18(23)21-9-8-12-4-2-1-3-5-12/h1-5,10-11,13,22H,6-9H2,(H,21,23). The molecule has 2 aromatic carbocycles. The molecular formula is C18H18Cl2N2O3S. The summed E-state index contributed by atoms with van der Waals surface area (Å²) in [6.45, 7) is 0.407. The Morgan fingerprint density at radius 2 is 1.77 bits per heavy atom. The van der Waals surface area contributed by atoms with Crippen molar-refractivity contribution in [2.24, 2.45) is 0 Å². The number of hydrogen-bond acceptors (Lipinski definition) is 3. The van der Waals surface area contributed by atoms with Gasteiger partial charge in [-0.3, -0.25) is 4.79 Å². The molecule has 0 unspecified atom stereocenters. The highest BCUT2D eigenvalue weighted by molar-refractivity contribution is 7.89. The average molecular weight is 413 g/mol. The molecule has 8 heteroatoms. The molecule has 2 N–H and O–H groups in total. The van der Waals surface area contributed by atoms with Crippen LogP contribution in [0.15, 0.2) is 47.4 Å². The molecule has 1 aliphatic carbocycles. The van der Waals surface area contributed by atoms with Crippen LogP contribution < -0.4 is 10.0 Å². The van der Waals surface area contributed by atoms with E-state index in [9.17, 15) is 13.2 Å². The number of benzene rings is 2. The van der Waals surface area contributed by atoms with Gasteiger partial charge in [0, 0.05) is 12.6 Å². The fraction of sp³-hybridized carbons (Fsp3) is 0.278. The third-order valence-electron chi connectivity index (χ3n) is 4.00. The number of halogens is 2. The Hall–Kier alpha value is -1.60. The van der Waals surface area contributed by atoms with Gasteiger partial charge in [-0.2, -0.15) is 0 Å². The second-order valence-corrected chi connectivity index (χ2v) is 8.65. The van der Waals surface area contributed by atoms with Crippen LogP contribution in [-0.2, 0) is 16.4 Å². The molecule has 2 aromatic rings. The molecule has 0 saturated heterocycles. The molecule has 0 radical (unpaired) electrons. The van der Waals surface area contributed by atoms with Crippen LogP contribution >= 0.6 is 23.2 Å².